The van der Waals surface area contributed by atoms with E-state index in [4.69, 9.17) is 10.3 Å². The summed E-state index contributed by atoms with van der Waals surface area (Å²) in [7, 11) is 0. The number of nitrogens with one attached hydrogen (secondary N) is 3. The zero-order valence-corrected chi connectivity index (χ0v) is 14.4. The molecule has 10 heteroatoms. The van der Waals surface area contributed by atoms with Crippen molar-refractivity contribution in [3.8, 4) is 0 Å². The number of rotatable bonds is 11. The summed E-state index contributed by atoms with van der Waals surface area (Å²) in [5.74, 6) is 0.996. The third-order valence-electron chi connectivity index (χ3n) is 4.05. The fourth-order valence-electron chi connectivity index (χ4n) is 2.88. The largest absolute Gasteiger partial charge is 0.379 e. The molecule has 0 aliphatic carbocycles. The van der Waals surface area contributed by atoms with Crippen LogP contribution in [-0.2, 0) is 9.53 Å². The predicted molar refractivity (Wildman–Crippen MR) is 91.8 cm³/mol. The van der Waals surface area contributed by atoms with E-state index in [-0.39, 0.29) is 24.0 Å². The van der Waals surface area contributed by atoms with Gasteiger partial charge in [0.1, 0.15) is 0 Å². The van der Waals surface area contributed by atoms with Crippen molar-refractivity contribution in [1.82, 2.24) is 16.0 Å². The summed E-state index contributed by atoms with van der Waals surface area (Å²) in [6.07, 6.45) is 3.35. The van der Waals surface area contributed by atoms with Gasteiger partial charge in [0.25, 0.3) is 0 Å². The standard InChI is InChI=1S/C14H24N6O3S/c15-20-17-6-8-23-7-5-16-12(21)4-2-1-3-11-13-10(9-24-11)18-14(22)19-13/h10-11,13H,1-9H2,(H,16,21)(H2,18,19,22). The fraction of sp³-hybridized carbons (Fsp3) is 0.857. The van der Waals surface area contributed by atoms with Crippen LogP contribution in [0.2, 0.25) is 0 Å². The normalized spacial score (nSPS) is 24.7. The van der Waals surface area contributed by atoms with Gasteiger partial charge in [0, 0.05) is 35.4 Å². The van der Waals surface area contributed by atoms with Crippen LogP contribution in [0, 0.1) is 0 Å². The van der Waals surface area contributed by atoms with E-state index in [1.54, 1.807) is 0 Å². The van der Waals surface area contributed by atoms with Crippen molar-refractivity contribution in [3.05, 3.63) is 10.4 Å². The van der Waals surface area contributed by atoms with Crippen LogP contribution in [0.15, 0.2) is 5.11 Å². The minimum Gasteiger partial charge on any atom is -0.379 e. The summed E-state index contributed by atoms with van der Waals surface area (Å²) in [6, 6.07) is 0.435. The van der Waals surface area contributed by atoms with E-state index in [1.165, 1.54) is 0 Å². The summed E-state index contributed by atoms with van der Waals surface area (Å²) in [5, 5.41) is 12.5. The van der Waals surface area contributed by atoms with Crippen molar-refractivity contribution in [2.24, 2.45) is 5.11 Å². The molecule has 0 spiro atoms. The summed E-state index contributed by atoms with van der Waals surface area (Å²) < 4.78 is 5.21. The lowest BCUT2D eigenvalue weighted by molar-refractivity contribution is -0.121. The van der Waals surface area contributed by atoms with Crippen LogP contribution < -0.4 is 16.0 Å². The van der Waals surface area contributed by atoms with E-state index in [1.807, 2.05) is 11.8 Å². The third-order valence-corrected chi connectivity index (χ3v) is 5.56. The first-order chi connectivity index (χ1) is 11.7. The van der Waals surface area contributed by atoms with E-state index in [0.717, 1.165) is 25.0 Å². The Labute approximate surface area is 145 Å². The zero-order chi connectivity index (χ0) is 17.2. The molecule has 0 saturated carbocycles. The molecule has 0 bridgehead atoms. The van der Waals surface area contributed by atoms with Gasteiger partial charge in [-0.3, -0.25) is 4.79 Å². The lowest BCUT2D eigenvalue weighted by atomic mass is 10.0. The first kappa shape index (κ1) is 18.7. The summed E-state index contributed by atoms with van der Waals surface area (Å²) in [6.45, 7) is 1.56. The van der Waals surface area contributed by atoms with Gasteiger partial charge in [-0.2, -0.15) is 11.8 Å². The van der Waals surface area contributed by atoms with E-state index >= 15 is 0 Å². The second-order valence-corrected chi connectivity index (χ2v) is 7.06. The molecule has 2 fully saturated rings. The summed E-state index contributed by atoms with van der Waals surface area (Å²) in [5.41, 5.74) is 8.09. The first-order valence-electron chi connectivity index (χ1n) is 8.24. The number of nitrogens with zero attached hydrogens (tertiary/aromatic N) is 3. The Hall–Kier alpha value is -1.64. The Morgan fingerprint density at radius 3 is 3.12 bits per heavy atom. The number of hydrogen-bond donors (Lipinski definition) is 3. The second-order valence-electron chi connectivity index (χ2n) is 5.78. The number of carbonyl (C=O) groups excluding carboxylic acids is 2. The Balaban J connectivity index is 1.45. The minimum atomic E-state index is -0.0590. The van der Waals surface area contributed by atoms with E-state index in [0.29, 0.717) is 38.0 Å². The number of ether oxygens (including phenoxy) is 1. The SMILES string of the molecule is [N-]=[N+]=NCCOCCNC(=O)CCCCC1SCC2NC(=O)NC21. The average molecular weight is 356 g/mol. The van der Waals surface area contributed by atoms with Crippen LogP contribution in [-0.4, -0.2) is 61.3 Å². The number of unbranched alkanes of at least 4 members (excludes halogenated alkanes) is 1. The van der Waals surface area contributed by atoms with Gasteiger partial charge in [0.2, 0.25) is 5.91 Å². The molecule has 0 aromatic heterocycles. The zero-order valence-electron chi connectivity index (χ0n) is 13.6. The predicted octanol–water partition coefficient (Wildman–Crippen LogP) is 1.16. The molecule has 0 aromatic carbocycles. The molecule has 2 heterocycles. The number of azide groups is 1. The number of thioether (sulfide) groups is 1. The maximum Gasteiger partial charge on any atom is 0.315 e. The average Bonchev–Trinajstić information content (AvgIpc) is 3.10. The number of urea groups is 1. The van der Waals surface area contributed by atoms with Crippen LogP contribution in [0.25, 0.3) is 10.4 Å². The number of carbonyl (C=O) groups is 2. The van der Waals surface area contributed by atoms with Crippen molar-refractivity contribution in [2.75, 3.05) is 32.1 Å². The van der Waals surface area contributed by atoms with Gasteiger partial charge in [-0.1, -0.05) is 11.5 Å². The topological polar surface area (TPSA) is 128 Å². The van der Waals surface area contributed by atoms with Crippen molar-refractivity contribution in [2.45, 2.75) is 43.0 Å². The molecule has 9 nitrogen and oxygen atoms in total. The molecule has 2 aliphatic heterocycles. The Morgan fingerprint density at radius 1 is 1.42 bits per heavy atom. The molecule has 134 valence electrons. The Bertz CT molecular complexity index is 485. The smallest absolute Gasteiger partial charge is 0.315 e. The quantitative estimate of drug-likeness (QED) is 0.169. The molecule has 24 heavy (non-hydrogen) atoms. The lowest BCUT2D eigenvalue weighted by Gasteiger charge is -2.16. The Morgan fingerprint density at radius 2 is 2.29 bits per heavy atom. The first-order valence-corrected chi connectivity index (χ1v) is 9.29. The van der Waals surface area contributed by atoms with Crippen LogP contribution >= 0.6 is 11.8 Å². The fourth-order valence-corrected chi connectivity index (χ4v) is 4.42. The molecule has 2 aliphatic rings. The number of amides is 3. The van der Waals surface area contributed by atoms with Crippen LogP contribution in [0.4, 0.5) is 4.79 Å². The molecule has 0 aromatic rings. The van der Waals surface area contributed by atoms with Gasteiger partial charge in [0.05, 0.1) is 25.3 Å². The third kappa shape index (κ3) is 6.10. The van der Waals surface area contributed by atoms with Gasteiger partial charge in [-0.25, -0.2) is 4.79 Å². The summed E-state index contributed by atoms with van der Waals surface area (Å²) in [4.78, 5) is 25.6. The van der Waals surface area contributed by atoms with E-state index in [9.17, 15) is 9.59 Å². The highest BCUT2D eigenvalue weighted by atomic mass is 32.2. The monoisotopic (exact) mass is 356 g/mol. The minimum absolute atomic E-state index is 0.0291. The second kappa shape index (κ2) is 10.3. The Kier molecular flexibility index (Phi) is 8.00. The maximum atomic E-state index is 11.7. The molecular weight excluding hydrogens is 332 g/mol. The maximum absolute atomic E-state index is 11.7. The van der Waals surface area contributed by atoms with E-state index in [2.05, 4.69) is 26.0 Å². The molecular formula is C14H24N6O3S. The molecule has 2 rings (SSSR count). The van der Waals surface area contributed by atoms with Crippen molar-refractivity contribution in [3.63, 3.8) is 0 Å². The summed E-state index contributed by atoms with van der Waals surface area (Å²) >= 11 is 1.90. The molecule has 0 radical (unpaired) electrons. The highest BCUT2D eigenvalue weighted by molar-refractivity contribution is 8.00. The lowest BCUT2D eigenvalue weighted by Crippen LogP contribution is -2.36. The molecule has 3 atom stereocenters. The van der Waals surface area contributed by atoms with Crippen molar-refractivity contribution >= 4 is 23.7 Å². The van der Waals surface area contributed by atoms with Crippen molar-refractivity contribution in [1.29, 1.82) is 0 Å². The number of hydrogen-bond acceptors (Lipinski definition) is 5. The van der Waals surface area contributed by atoms with Gasteiger partial charge < -0.3 is 20.7 Å². The van der Waals surface area contributed by atoms with Crippen LogP contribution in [0.3, 0.4) is 0 Å². The van der Waals surface area contributed by atoms with Gasteiger partial charge in [-0.15, -0.1) is 0 Å². The van der Waals surface area contributed by atoms with Crippen molar-refractivity contribution < 1.29 is 14.3 Å². The van der Waals surface area contributed by atoms with Crippen LogP contribution in [0.5, 0.6) is 0 Å². The van der Waals surface area contributed by atoms with Gasteiger partial charge in [-0.05, 0) is 18.4 Å². The molecule has 2 saturated heterocycles. The molecule has 3 unspecified atom stereocenters. The highest BCUT2D eigenvalue weighted by Crippen LogP contribution is 2.33. The van der Waals surface area contributed by atoms with Crippen LogP contribution in [0.1, 0.15) is 25.7 Å². The molecule has 3 amide bonds. The molecule has 3 N–H and O–H groups in total. The van der Waals surface area contributed by atoms with Gasteiger partial charge >= 0.3 is 6.03 Å². The number of fused-ring (bicyclic) bond motifs is 1. The van der Waals surface area contributed by atoms with Gasteiger partial charge in [0.15, 0.2) is 0 Å². The van der Waals surface area contributed by atoms with E-state index < -0.39 is 0 Å². The highest BCUT2D eigenvalue weighted by Gasteiger charge is 2.42.